The predicted molar refractivity (Wildman–Crippen MR) is 81.6 cm³/mol. The van der Waals surface area contributed by atoms with E-state index in [0.717, 1.165) is 30.0 Å². The summed E-state index contributed by atoms with van der Waals surface area (Å²) in [6, 6.07) is 9.45. The molecule has 1 N–H and O–H groups in total. The molecule has 0 aliphatic heterocycles. The highest BCUT2D eigenvalue weighted by Gasteiger charge is 2.02. The summed E-state index contributed by atoms with van der Waals surface area (Å²) in [7, 11) is 0. The minimum absolute atomic E-state index is 0.579. The molecule has 0 unspecified atom stereocenters. The lowest BCUT2D eigenvalue weighted by atomic mass is 10.1. The fourth-order valence-electron chi connectivity index (χ4n) is 2.00. The van der Waals surface area contributed by atoms with Crippen molar-refractivity contribution in [2.75, 3.05) is 11.9 Å². The van der Waals surface area contributed by atoms with Crippen LogP contribution in [0.25, 0.3) is 5.65 Å². The van der Waals surface area contributed by atoms with Crippen LogP contribution < -0.4 is 5.32 Å². The summed E-state index contributed by atoms with van der Waals surface area (Å²) < 4.78 is 1.77. The molecule has 0 atom stereocenters. The number of anilines is 1. The number of halogens is 2. The maximum atomic E-state index is 6.00. The smallest absolute Gasteiger partial charge is 0.157 e. The van der Waals surface area contributed by atoms with Crippen LogP contribution in [0, 0.1) is 0 Å². The molecular weight excluding hydrogens is 295 g/mol. The van der Waals surface area contributed by atoms with Gasteiger partial charge in [-0.1, -0.05) is 29.3 Å². The normalized spacial score (nSPS) is 10.9. The number of aromatic nitrogens is 3. The quantitative estimate of drug-likeness (QED) is 0.799. The molecule has 0 saturated heterocycles. The van der Waals surface area contributed by atoms with E-state index in [1.54, 1.807) is 16.9 Å². The average Bonchev–Trinajstić information content (AvgIpc) is 2.92. The Morgan fingerprint density at radius 2 is 1.95 bits per heavy atom. The van der Waals surface area contributed by atoms with Gasteiger partial charge in [0.15, 0.2) is 5.65 Å². The summed E-state index contributed by atoms with van der Waals surface area (Å²) in [5, 5.41) is 8.73. The first-order chi connectivity index (χ1) is 9.74. The lowest BCUT2D eigenvalue weighted by molar-refractivity contribution is 0.913. The zero-order chi connectivity index (χ0) is 13.9. The van der Waals surface area contributed by atoms with Gasteiger partial charge in [-0.05, 0) is 30.2 Å². The van der Waals surface area contributed by atoms with Crippen LogP contribution in [0.3, 0.4) is 0 Å². The second-order valence-electron chi connectivity index (χ2n) is 4.36. The Labute approximate surface area is 126 Å². The lowest BCUT2D eigenvalue weighted by Crippen LogP contribution is -2.09. The van der Waals surface area contributed by atoms with Crippen molar-refractivity contribution in [1.82, 2.24) is 14.6 Å². The van der Waals surface area contributed by atoms with Gasteiger partial charge in [-0.15, -0.1) is 0 Å². The molecule has 20 heavy (non-hydrogen) atoms. The molecule has 4 nitrogen and oxygen atoms in total. The van der Waals surface area contributed by atoms with E-state index in [-0.39, 0.29) is 0 Å². The minimum Gasteiger partial charge on any atom is -0.370 e. The molecule has 0 aliphatic rings. The third-order valence-electron chi connectivity index (χ3n) is 2.99. The van der Waals surface area contributed by atoms with Crippen LogP contribution in [0.2, 0.25) is 10.0 Å². The van der Waals surface area contributed by atoms with Crippen molar-refractivity contribution in [2.45, 2.75) is 6.42 Å². The van der Waals surface area contributed by atoms with Crippen LogP contribution in [0.1, 0.15) is 5.56 Å². The van der Waals surface area contributed by atoms with Crippen LogP contribution >= 0.6 is 23.2 Å². The predicted octanol–water partition coefficient (Wildman–Crippen LogP) is 3.69. The molecular formula is C14H12Cl2N4. The van der Waals surface area contributed by atoms with E-state index in [9.17, 15) is 0 Å². The van der Waals surface area contributed by atoms with E-state index >= 15 is 0 Å². The fourth-order valence-corrected chi connectivity index (χ4v) is 2.32. The largest absolute Gasteiger partial charge is 0.370 e. The molecule has 3 rings (SSSR count). The van der Waals surface area contributed by atoms with E-state index in [2.05, 4.69) is 15.4 Å². The highest BCUT2D eigenvalue weighted by Crippen LogP contribution is 2.22. The highest BCUT2D eigenvalue weighted by atomic mass is 35.5. The molecule has 0 bridgehead atoms. The Hall–Kier alpha value is -1.78. The topological polar surface area (TPSA) is 42.2 Å². The van der Waals surface area contributed by atoms with Crippen molar-refractivity contribution in [1.29, 1.82) is 0 Å². The van der Waals surface area contributed by atoms with Crippen molar-refractivity contribution in [3.05, 3.63) is 58.3 Å². The van der Waals surface area contributed by atoms with E-state index in [1.807, 2.05) is 30.3 Å². The van der Waals surface area contributed by atoms with E-state index in [0.29, 0.717) is 10.0 Å². The average molecular weight is 307 g/mol. The number of benzene rings is 1. The number of hydrogen-bond donors (Lipinski definition) is 1. The number of hydrogen-bond acceptors (Lipinski definition) is 3. The number of nitrogens with one attached hydrogen (secondary N) is 1. The summed E-state index contributed by atoms with van der Waals surface area (Å²) in [6.07, 6.45) is 4.34. The molecule has 3 aromatic rings. The van der Waals surface area contributed by atoms with E-state index in [4.69, 9.17) is 23.2 Å². The zero-order valence-electron chi connectivity index (χ0n) is 10.6. The van der Waals surface area contributed by atoms with Gasteiger partial charge in [0, 0.05) is 18.8 Å². The first kappa shape index (κ1) is 13.2. The van der Waals surface area contributed by atoms with Crippen LogP contribution in [-0.4, -0.2) is 21.1 Å². The second kappa shape index (κ2) is 5.69. The molecule has 0 amide bonds. The fraction of sp³-hybridized carbons (Fsp3) is 0.143. The minimum atomic E-state index is 0.579. The van der Waals surface area contributed by atoms with Crippen molar-refractivity contribution >= 4 is 34.7 Å². The maximum absolute atomic E-state index is 6.00. The van der Waals surface area contributed by atoms with Crippen molar-refractivity contribution < 1.29 is 0 Å². The monoisotopic (exact) mass is 306 g/mol. The first-order valence-corrected chi connectivity index (χ1v) is 6.96. The lowest BCUT2D eigenvalue weighted by Gasteiger charge is -2.08. The van der Waals surface area contributed by atoms with Gasteiger partial charge in [-0.3, -0.25) is 0 Å². The molecule has 0 fully saturated rings. The molecule has 0 aliphatic carbocycles. The van der Waals surface area contributed by atoms with Gasteiger partial charge in [-0.25, -0.2) is 4.98 Å². The Bertz CT molecular complexity index is 739. The number of fused-ring (bicyclic) bond motifs is 1. The Morgan fingerprint density at radius 3 is 2.80 bits per heavy atom. The molecule has 2 aromatic heterocycles. The van der Waals surface area contributed by atoms with Gasteiger partial charge in [-0.2, -0.15) is 9.61 Å². The van der Waals surface area contributed by atoms with Crippen LogP contribution in [-0.2, 0) is 6.42 Å². The highest BCUT2D eigenvalue weighted by molar-refractivity contribution is 6.42. The van der Waals surface area contributed by atoms with Gasteiger partial charge >= 0.3 is 0 Å². The summed E-state index contributed by atoms with van der Waals surface area (Å²) in [5.74, 6) is 0.917. The summed E-state index contributed by atoms with van der Waals surface area (Å²) in [5.41, 5.74) is 1.96. The van der Waals surface area contributed by atoms with Gasteiger partial charge < -0.3 is 5.32 Å². The number of nitrogens with zero attached hydrogens (tertiary/aromatic N) is 3. The Balaban J connectivity index is 1.68. The first-order valence-electron chi connectivity index (χ1n) is 6.20. The van der Waals surface area contributed by atoms with Gasteiger partial charge in [0.25, 0.3) is 0 Å². The van der Waals surface area contributed by atoms with Crippen molar-refractivity contribution in [3.8, 4) is 0 Å². The standard InChI is InChI=1S/C14H12Cl2N4/c15-11-2-1-10(9-12(11)16)3-6-17-13-4-7-18-14-5-8-19-20(13)14/h1-2,4-5,7-9,17H,3,6H2. The van der Waals surface area contributed by atoms with Crippen molar-refractivity contribution in [3.63, 3.8) is 0 Å². The molecule has 0 radical (unpaired) electrons. The molecule has 6 heteroatoms. The van der Waals surface area contributed by atoms with Crippen LogP contribution in [0.15, 0.2) is 42.7 Å². The Kier molecular flexibility index (Phi) is 3.76. The maximum Gasteiger partial charge on any atom is 0.157 e. The number of rotatable bonds is 4. The van der Waals surface area contributed by atoms with Gasteiger partial charge in [0.05, 0.1) is 16.2 Å². The third-order valence-corrected chi connectivity index (χ3v) is 3.73. The van der Waals surface area contributed by atoms with Gasteiger partial charge in [0.2, 0.25) is 0 Å². The van der Waals surface area contributed by atoms with E-state index < -0.39 is 0 Å². The van der Waals surface area contributed by atoms with E-state index in [1.165, 1.54) is 0 Å². The van der Waals surface area contributed by atoms with Gasteiger partial charge in [0.1, 0.15) is 5.82 Å². The third kappa shape index (κ3) is 2.71. The molecule has 0 spiro atoms. The van der Waals surface area contributed by atoms with Crippen molar-refractivity contribution in [2.24, 2.45) is 0 Å². The van der Waals surface area contributed by atoms with Crippen LogP contribution in [0.5, 0.6) is 0 Å². The zero-order valence-corrected chi connectivity index (χ0v) is 12.1. The summed E-state index contributed by atoms with van der Waals surface area (Å²) >= 11 is 11.9. The molecule has 1 aromatic carbocycles. The molecule has 2 heterocycles. The second-order valence-corrected chi connectivity index (χ2v) is 5.17. The molecule has 0 saturated carbocycles. The summed E-state index contributed by atoms with van der Waals surface area (Å²) in [6.45, 7) is 0.775. The SMILES string of the molecule is Clc1ccc(CCNc2ccnc3ccnn23)cc1Cl. The Morgan fingerprint density at radius 1 is 1.05 bits per heavy atom. The summed E-state index contributed by atoms with van der Waals surface area (Å²) in [4.78, 5) is 4.22. The van der Waals surface area contributed by atoms with Crippen LogP contribution in [0.4, 0.5) is 5.82 Å². The molecule has 102 valence electrons.